The van der Waals surface area contributed by atoms with Crippen molar-refractivity contribution in [3.63, 3.8) is 0 Å². The number of anilines is 1. The van der Waals surface area contributed by atoms with Crippen LogP contribution in [0.5, 0.6) is 0 Å². The van der Waals surface area contributed by atoms with E-state index in [9.17, 15) is 4.39 Å². The Balaban J connectivity index is 1.93. The largest absolute Gasteiger partial charge is 0.364 e. The molecule has 2 unspecified atom stereocenters. The second-order valence-electron chi connectivity index (χ2n) is 4.58. The number of nitrogens with zero attached hydrogens (tertiary/aromatic N) is 2. The van der Waals surface area contributed by atoms with Crippen LogP contribution < -0.4 is 4.90 Å². The molecule has 2 atom stereocenters. The number of pyridine rings is 1. The van der Waals surface area contributed by atoms with Crippen molar-refractivity contribution in [2.24, 2.45) is 0 Å². The molecule has 80 valence electrons. The summed E-state index contributed by atoms with van der Waals surface area (Å²) in [6.45, 7) is 0. The van der Waals surface area contributed by atoms with E-state index in [-0.39, 0.29) is 5.82 Å². The SMILES string of the molecule is Fc1cncc(N2C3CCCC2CC3)c1. The Kier molecular flexibility index (Phi) is 2.11. The van der Waals surface area contributed by atoms with Crippen LogP contribution in [-0.4, -0.2) is 17.1 Å². The van der Waals surface area contributed by atoms with Crippen LogP contribution in [0.3, 0.4) is 0 Å². The highest BCUT2D eigenvalue weighted by Crippen LogP contribution is 2.38. The van der Waals surface area contributed by atoms with Crippen LogP contribution in [0.2, 0.25) is 0 Å². The molecule has 0 spiro atoms. The number of aromatic nitrogens is 1. The van der Waals surface area contributed by atoms with Gasteiger partial charge < -0.3 is 4.90 Å². The number of rotatable bonds is 1. The lowest BCUT2D eigenvalue weighted by Crippen LogP contribution is -2.39. The van der Waals surface area contributed by atoms with E-state index < -0.39 is 0 Å². The maximum Gasteiger partial charge on any atom is 0.143 e. The van der Waals surface area contributed by atoms with Crippen molar-refractivity contribution in [3.8, 4) is 0 Å². The van der Waals surface area contributed by atoms with Crippen molar-refractivity contribution < 1.29 is 4.39 Å². The molecule has 2 bridgehead atoms. The number of fused-ring (bicyclic) bond motifs is 2. The first-order chi connectivity index (χ1) is 7.34. The van der Waals surface area contributed by atoms with Gasteiger partial charge in [0.05, 0.1) is 18.1 Å². The summed E-state index contributed by atoms with van der Waals surface area (Å²) < 4.78 is 13.1. The van der Waals surface area contributed by atoms with Crippen molar-refractivity contribution in [1.29, 1.82) is 0 Å². The molecule has 0 aliphatic carbocycles. The Labute approximate surface area is 89.1 Å². The van der Waals surface area contributed by atoms with Gasteiger partial charge in [-0.2, -0.15) is 0 Å². The predicted molar refractivity (Wildman–Crippen MR) is 57.3 cm³/mol. The van der Waals surface area contributed by atoms with Gasteiger partial charge >= 0.3 is 0 Å². The second-order valence-corrected chi connectivity index (χ2v) is 4.58. The zero-order valence-electron chi connectivity index (χ0n) is 8.69. The third-order valence-corrected chi connectivity index (χ3v) is 3.68. The third kappa shape index (κ3) is 1.50. The highest BCUT2D eigenvalue weighted by molar-refractivity contribution is 5.48. The Morgan fingerprint density at radius 2 is 1.87 bits per heavy atom. The molecule has 2 aliphatic rings. The normalized spacial score (nSPS) is 29.5. The van der Waals surface area contributed by atoms with E-state index in [4.69, 9.17) is 0 Å². The number of piperidine rings is 1. The van der Waals surface area contributed by atoms with E-state index in [1.165, 1.54) is 38.3 Å². The van der Waals surface area contributed by atoms with Crippen molar-refractivity contribution in [2.75, 3.05) is 4.90 Å². The smallest absolute Gasteiger partial charge is 0.143 e. The lowest BCUT2D eigenvalue weighted by molar-refractivity contribution is 0.466. The fourth-order valence-electron chi connectivity index (χ4n) is 3.08. The monoisotopic (exact) mass is 206 g/mol. The molecule has 1 aromatic rings. The molecule has 0 radical (unpaired) electrons. The minimum Gasteiger partial charge on any atom is -0.364 e. The minimum atomic E-state index is -0.225. The summed E-state index contributed by atoms with van der Waals surface area (Å²) in [7, 11) is 0. The maximum absolute atomic E-state index is 13.1. The molecule has 2 saturated heterocycles. The summed E-state index contributed by atoms with van der Waals surface area (Å²) in [6.07, 6.45) is 9.44. The van der Waals surface area contributed by atoms with Crippen molar-refractivity contribution >= 4 is 5.69 Å². The Morgan fingerprint density at radius 3 is 2.53 bits per heavy atom. The summed E-state index contributed by atoms with van der Waals surface area (Å²) in [5.74, 6) is -0.225. The van der Waals surface area contributed by atoms with Crippen LogP contribution in [0.1, 0.15) is 32.1 Å². The molecule has 3 heterocycles. The lowest BCUT2D eigenvalue weighted by atomic mass is 10.0. The van der Waals surface area contributed by atoms with Gasteiger partial charge in [0.1, 0.15) is 5.82 Å². The first-order valence-corrected chi connectivity index (χ1v) is 5.73. The summed E-state index contributed by atoms with van der Waals surface area (Å²) >= 11 is 0. The van der Waals surface area contributed by atoms with Gasteiger partial charge in [0.15, 0.2) is 0 Å². The van der Waals surface area contributed by atoms with Crippen molar-refractivity contribution in [3.05, 3.63) is 24.3 Å². The molecular formula is C12H15FN2. The molecule has 15 heavy (non-hydrogen) atoms. The summed E-state index contributed by atoms with van der Waals surface area (Å²) in [6, 6.07) is 2.88. The van der Waals surface area contributed by atoms with Gasteiger partial charge in [-0.1, -0.05) is 0 Å². The average molecular weight is 206 g/mol. The molecule has 3 rings (SSSR count). The van der Waals surface area contributed by atoms with Gasteiger partial charge in [-0.05, 0) is 32.1 Å². The molecule has 0 amide bonds. The van der Waals surface area contributed by atoms with Gasteiger partial charge in [-0.15, -0.1) is 0 Å². The van der Waals surface area contributed by atoms with Gasteiger partial charge in [0.2, 0.25) is 0 Å². The number of hydrogen-bond acceptors (Lipinski definition) is 2. The van der Waals surface area contributed by atoms with Crippen molar-refractivity contribution in [1.82, 2.24) is 4.98 Å². The Bertz CT molecular complexity index is 350. The summed E-state index contributed by atoms with van der Waals surface area (Å²) in [5, 5.41) is 0. The molecule has 2 fully saturated rings. The highest BCUT2D eigenvalue weighted by atomic mass is 19.1. The summed E-state index contributed by atoms with van der Waals surface area (Å²) in [5.41, 5.74) is 0.974. The minimum absolute atomic E-state index is 0.225. The van der Waals surface area contributed by atoms with Crippen LogP contribution in [-0.2, 0) is 0 Å². The van der Waals surface area contributed by atoms with E-state index >= 15 is 0 Å². The van der Waals surface area contributed by atoms with Gasteiger partial charge in [0, 0.05) is 18.2 Å². The molecule has 0 N–H and O–H groups in total. The van der Waals surface area contributed by atoms with Crippen LogP contribution >= 0.6 is 0 Å². The van der Waals surface area contributed by atoms with Gasteiger partial charge in [0.25, 0.3) is 0 Å². The standard InChI is InChI=1S/C12H15FN2/c13-9-6-12(8-14-7-9)15-10-2-1-3-11(15)5-4-10/h6-8,10-11H,1-5H2. The topological polar surface area (TPSA) is 16.1 Å². The quantitative estimate of drug-likeness (QED) is 0.702. The van der Waals surface area contributed by atoms with Crippen LogP contribution in [0.15, 0.2) is 18.5 Å². The fourth-order valence-corrected chi connectivity index (χ4v) is 3.08. The van der Waals surface area contributed by atoms with E-state index in [2.05, 4.69) is 9.88 Å². The highest BCUT2D eigenvalue weighted by Gasteiger charge is 2.36. The van der Waals surface area contributed by atoms with Gasteiger partial charge in [-0.3, -0.25) is 4.98 Å². The van der Waals surface area contributed by atoms with E-state index in [1.54, 1.807) is 12.3 Å². The first kappa shape index (κ1) is 9.13. The lowest BCUT2D eigenvalue weighted by Gasteiger charge is -2.36. The third-order valence-electron chi connectivity index (χ3n) is 3.68. The fraction of sp³-hybridized carbons (Fsp3) is 0.583. The number of hydrogen-bond donors (Lipinski definition) is 0. The molecule has 1 aromatic heterocycles. The van der Waals surface area contributed by atoms with Gasteiger partial charge in [-0.25, -0.2) is 4.39 Å². The zero-order valence-corrected chi connectivity index (χ0v) is 8.69. The van der Waals surface area contributed by atoms with Crippen LogP contribution in [0.4, 0.5) is 10.1 Å². The summed E-state index contributed by atoms with van der Waals surface area (Å²) in [4.78, 5) is 6.33. The zero-order chi connectivity index (χ0) is 10.3. The van der Waals surface area contributed by atoms with E-state index in [1.807, 2.05) is 0 Å². The molecule has 2 nitrogen and oxygen atoms in total. The molecule has 3 heteroatoms. The van der Waals surface area contributed by atoms with E-state index in [0.717, 1.165) is 5.69 Å². The van der Waals surface area contributed by atoms with Crippen LogP contribution in [0.25, 0.3) is 0 Å². The van der Waals surface area contributed by atoms with E-state index in [0.29, 0.717) is 12.1 Å². The molecular weight excluding hydrogens is 191 g/mol. The molecule has 2 aliphatic heterocycles. The van der Waals surface area contributed by atoms with Crippen molar-refractivity contribution in [2.45, 2.75) is 44.2 Å². The first-order valence-electron chi connectivity index (χ1n) is 5.73. The number of halogens is 1. The predicted octanol–water partition coefficient (Wildman–Crippen LogP) is 2.74. The second kappa shape index (κ2) is 3.47. The molecule has 0 saturated carbocycles. The van der Waals surface area contributed by atoms with Crippen LogP contribution in [0, 0.1) is 5.82 Å². The Hall–Kier alpha value is -1.12. The average Bonchev–Trinajstić information content (AvgIpc) is 2.49. The molecule has 0 aromatic carbocycles. The Morgan fingerprint density at radius 1 is 1.13 bits per heavy atom. The maximum atomic E-state index is 13.1.